The average molecular weight is 606 g/mol. The number of aromatic nitrogens is 1. The van der Waals surface area contributed by atoms with Crippen LogP contribution in [-0.2, 0) is 17.1 Å². The molecule has 2 fully saturated rings. The quantitative estimate of drug-likeness (QED) is 0.297. The molecule has 2 heterocycles. The number of thiocarbonyl (C=S) groups is 1. The second kappa shape index (κ2) is 12.4. The zero-order chi connectivity index (χ0) is 29.1. The minimum atomic E-state index is -4.61. The lowest BCUT2D eigenvalue weighted by molar-refractivity contribution is -0.138. The molecule has 40 heavy (non-hydrogen) atoms. The molecule has 14 heteroatoms. The number of benzene rings is 1. The fourth-order valence-electron chi connectivity index (χ4n) is 4.84. The first-order valence-electron chi connectivity index (χ1n) is 12.6. The number of nitrogens with zero attached hydrogens (tertiary/aromatic N) is 4. The minimum Gasteiger partial charge on any atom is -0.382 e. The lowest BCUT2D eigenvalue weighted by atomic mass is 9.92. The van der Waals surface area contributed by atoms with E-state index in [1.807, 2.05) is 9.80 Å². The number of rotatable bonds is 6. The van der Waals surface area contributed by atoms with Crippen molar-refractivity contribution in [3.8, 4) is 6.07 Å². The van der Waals surface area contributed by atoms with Crippen molar-refractivity contribution >= 4 is 40.3 Å². The van der Waals surface area contributed by atoms with E-state index >= 15 is 0 Å². The molecule has 0 bridgehead atoms. The van der Waals surface area contributed by atoms with Gasteiger partial charge in [0.25, 0.3) is 0 Å². The molecule has 0 radical (unpaired) electrons. The van der Waals surface area contributed by atoms with E-state index in [1.165, 1.54) is 12.1 Å². The summed E-state index contributed by atoms with van der Waals surface area (Å²) in [5, 5.41) is 12.0. The van der Waals surface area contributed by atoms with Gasteiger partial charge in [-0.1, -0.05) is 23.8 Å². The summed E-state index contributed by atoms with van der Waals surface area (Å²) in [5.74, 6) is 0.303. The topological polar surface area (TPSA) is 64.4 Å². The van der Waals surface area contributed by atoms with Crippen LogP contribution >= 0.6 is 23.8 Å². The van der Waals surface area contributed by atoms with Crippen molar-refractivity contribution in [1.82, 2.24) is 9.88 Å². The lowest BCUT2D eigenvalue weighted by Crippen LogP contribution is -2.49. The van der Waals surface area contributed by atoms with Gasteiger partial charge in [-0.15, -0.1) is 0 Å². The Labute approximate surface area is 237 Å². The monoisotopic (exact) mass is 605 g/mol. The molecule has 1 aromatic heterocycles. The van der Waals surface area contributed by atoms with Crippen LogP contribution in [0.4, 0.5) is 37.8 Å². The first kappa shape index (κ1) is 30.1. The number of hydrogen-bond acceptors (Lipinski definition) is 6. The highest BCUT2D eigenvalue weighted by molar-refractivity contribution is 7.80. The van der Waals surface area contributed by atoms with Gasteiger partial charge in [-0.05, 0) is 49.9 Å². The number of nitrogens with one attached hydrogen (secondary N) is 1. The number of ether oxygens (including phenoxy) is 1. The molecule has 2 aliphatic rings. The van der Waals surface area contributed by atoms with Crippen molar-refractivity contribution in [1.29, 1.82) is 5.26 Å². The van der Waals surface area contributed by atoms with Gasteiger partial charge >= 0.3 is 12.4 Å². The van der Waals surface area contributed by atoms with Gasteiger partial charge in [0.15, 0.2) is 0 Å². The van der Waals surface area contributed by atoms with Crippen LogP contribution in [0.2, 0.25) is 5.02 Å². The summed E-state index contributed by atoms with van der Waals surface area (Å²) < 4.78 is 84.4. The van der Waals surface area contributed by atoms with Crippen LogP contribution in [0.3, 0.4) is 0 Å². The molecule has 216 valence electrons. The maximum Gasteiger partial charge on any atom is 0.417 e. The minimum absolute atomic E-state index is 0.0143. The Morgan fingerprint density at radius 2 is 1.73 bits per heavy atom. The molecule has 2 aromatic rings. The molecular weight excluding hydrogens is 580 g/mol. The summed E-state index contributed by atoms with van der Waals surface area (Å²) in [6.45, 7) is 2.31. The van der Waals surface area contributed by atoms with Gasteiger partial charge in [-0.3, -0.25) is 0 Å². The Balaban J connectivity index is 1.20. The van der Waals surface area contributed by atoms with Gasteiger partial charge in [-0.25, -0.2) is 4.98 Å². The van der Waals surface area contributed by atoms with E-state index in [-0.39, 0.29) is 23.8 Å². The molecule has 4 rings (SSSR count). The Kier molecular flexibility index (Phi) is 9.32. The van der Waals surface area contributed by atoms with Crippen molar-refractivity contribution < 1.29 is 31.1 Å². The number of nitriles is 1. The number of halogens is 7. The second-order valence-corrected chi connectivity index (χ2v) is 10.6. The molecule has 0 unspecified atom stereocenters. The summed E-state index contributed by atoms with van der Waals surface area (Å²) in [6.07, 6.45) is -5.52. The lowest BCUT2D eigenvalue weighted by Gasteiger charge is -2.37. The fraction of sp³-hybridized carbons (Fsp3) is 0.500. The number of piperazine rings is 1. The van der Waals surface area contributed by atoms with Crippen LogP contribution in [0.25, 0.3) is 0 Å². The molecule has 1 aliphatic carbocycles. The van der Waals surface area contributed by atoms with Crippen molar-refractivity contribution in [2.75, 3.05) is 43.0 Å². The van der Waals surface area contributed by atoms with Gasteiger partial charge in [0.05, 0.1) is 40.5 Å². The third-order valence-corrected chi connectivity index (χ3v) is 7.67. The van der Waals surface area contributed by atoms with Crippen LogP contribution in [0.5, 0.6) is 0 Å². The second-order valence-electron chi connectivity index (χ2n) is 9.69. The average Bonchev–Trinajstić information content (AvgIpc) is 2.91. The highest BCUT2D eigenvalue weighted by Gasteiger charge is 2.35. The Hall–Kier alpha value is -2.82. The predicted octanol–water partition coefficient (Wildman–Crippen LogP) is 6.53. The van der Waals surface area contributed by atoms with Gasteiger partial charge in [0.2, 0.25) is 0 Å². The van der Waals surface area contributed by atoms with Gasteiger partial charge in [-0.2, -0.15) is 31.6 Å². The Morgan fingerprint density at radius 3 is 2.30 bits per heavy atom. The van der Waals surface area contributed by atoms with Crippen LogP contribution in [0.1, 0.15) is 42.4 Å². The molecule has 1 saturated heterocycles. The van der Waals surface area contributed by atoms with E-state index in [4.69, 9.17) is 33.8 Å². The van der Waals surface area contributed by atoms with Crippen molar-refractivity contribution in [2.45, 2.75) is 50.2 Å². The highest BCUT2D eigenvalue weighted by Crippen LogP contribution is 2.35. The van der Waals surface area contributed by atoms with Crippen molar-refractivity contribution in [3.05, 3.63) is 52.2 Å². The van der Waals surface area contributed by atoms with E-state index in [0.29, 0.717) is 68.4 Å². The molecular formula is C26H26ClF6N5OS. The molecule has 1 aliphatic heterocycles. The Morgan fingerprint density at radius 1 is 1.05 bits per heavy atom. The maximum absolute atomic E-state index is 13.2. The fourth-order valence-corrected chi connectivity index (χ4v) is 5.38. The van der Waals surface area contributed by atoms with E-state index in [9.17, 15) is 26.3 Å². The largest absolute Gasteiger partial charge is 0.417 e. The number of hydrogen-bond donors (Lipinski definition) is 1. The van der Waals surface area contributed by atoms with E-state index in [2.05, 4.69) is 10.3 Å². The molecule has 1 aromatic carbocycles. The van der Waals surface area contributed by atoms with Gasteiger partial charge in [0.1, 0.15) is 10.8 Å². The van der Waals surface area contributed by atoms with Crippen LogP contribution in [0.15, 0.2) is 30.5 Å². The summed E-state index contributed by atoms with van der Waals surface area (Å²) >= 11 is 11.6. The Bertz CT molecular complexity index is 1250. The summed E-state index contributed by atoms with van der Waals surface area (Å²) in [6, 6.07) is 6.08. The number of pyridine rings is 1. The molecule has 1 N–H and O–H groups in total. The maximum atomic E-state index is 13.2. The van der Waals surface area contributed by atoms with Gasteiger partial charge < -0.3 is 19.9 Å². The third-order valence-electron chi connectivity index (χ3n) is 7.01. The standard InChI is InChI=1S/C26H26ClF6N5OS/c27-22-11-17(25(28,29)30)14-35-24(22)38-9-7-37(8-10-38)23(40)15-39-20-5-3-18(4-6-20)36-19-2-1-16(13-34)21(12-19)26(31,32)33/h1-2,11-12,14,18,20,36H,3-10,15H2/t18-,20-. The first-order valence-corrected chi connectivity index (χ1v) is 13.4. The van der Waals surface area contributed by atoms with Crippen molar-refractivity contribution in [2.24, 2.45) is 0 Å². The third kappa shape index (κ3) is 7.47. The SMILES string of the molecule is N#Cc1ccc(N[C@H]2CC[C@H](OCC(=S)N3CCN(c4ncc(C(F)(F)F)cc4Cl)CC3)CC2)cc1C(F)(F)F. The van der Waals surface area contributed by atoms with Gasteiger partial charge in [0, 0.05) is 44.1 Å². The van der Waals surface area contributed by atoms with E-state index < -0.39 is 29.0 Å². The molecule has 0 atom stereocenters. The zero-order valence-corrected chi connectivity index (χ0v) is 22.7. The number of anilines is 2. The van der Waals surface area contributed by atoms with Crippen LogP contribution in [0, 0.1) is 11.3 Å². The zero-order valence-electron chi connectivity index (χ0n) is 21.2. The predicted molar refractivity (Wildman–Crippen MR) is 142 cm³/mol. The first-order chi connectivity index (χ1) is 18.8. The molecule has 6 nitrogen and oxygen atoms in total. The smallest absolute Gasteiger partial charge is 0.382 e. The number of alkyl halides is 6. The highest BCUT2D eigenvalue weighted by atomic mass is 35.5. The summed E-state index contributed by atoms with van der Waals surface area (Å²) in [4.78, 5) is 8.36. The normalized spacial score (nSPS) is 20.2. The molecule has 0 amide bonds. The molecule has 0 spiro atoms. The molecule has 1 saturated carbocycles. The van der Waals surface area contributed by atoms with Crippen molar-refractivity contribution in [3.63, 3.8) is 0 Å². The van der Waals surface area contributed by atoms with E-state index in [1.54, 1.807) is 6.07 Å². The summed E-state index contributed by atoms with van der Waals surface area (Å²) in [5.41, 5.74) is -1.94. The summed E-state index contributed by atoms with van der Waals surface area (Å²) in [7, 11) is 0. The van der Waals surface area contributed by atoms with Crippen LogP contribution < -0.4 is 10.2 Å². The van der Waals surface area contributed by atoms with Crippen LogP contribution in [-0.4, -0.2) is 59.8 Å². The van der Waals surface area contributed by atoms with E-state index in [0.717, 1.165) is 18.3 Å².